The van der Waals surface area contributed by atoms with Gasteiger partial charge in [-0.1, -0.05) is 25.1 Å². The first-order valence-electron chi connectivity index (χ1n) is 7.35. The van der Waals surface area contributed by atoms with Crippen LogP contribution in [-0.2, 0) is 11.2 Å². The first-order chi connectivity index (χ1) is 9.99. The van der Waals surface area contributed by atoms with Gasteiger partial charge in [-0.2, -0.15) is 0 Å². The molecular formula is C16H22N2O3. The highest BCUT2D eigenvalue weighted by atomic mass is 16.4. The number of hydrogen-bond donors (Lipinski definition) is 2. The largest absolute Gasteiger partial charge is 0.481 e. The maximum atomic E-state index is 12.4. The molecule has 2 N–H and O–H groups in total. The van der Waals surface area contributed by atoms with Crippen LogP contribution in [0.15, 0.2) is 24.3 Å². The molecule has 1 heterocycles. The quantitative estimate of drug-likeness (QED) is 0.876. The van der Waals surface area contributed by atoms with Crippen molar-refractivity contribution >= 4 is 17.7 Å². The Morgan fingerprint density at radius 3 is 2.86 bits per heavy atom. The van der Waals surface area contributed by atoms with Crippen molar-refractivity contribution in [1.82, 2.24) is 5.32 Å². The number of carboxylic acid groups (broad SMARTS) is 1. The molecule has 0 saturated heterocycles. The molecule has 1 aromatic rings. The first kappa shape index (κ1) is 15.4. The summed E-state index contributed by atoms with van der Waals surface area (Å²) >= 11 is 0. The molecule has 2 unspecified atom stereocenters. The maximum Gasteiger partial charge on any atom is 0.322 e. The van der Waals surface area contributed by atoms with Crippen LogP contribution in [-0.4, -0.2) is 29.7 Å². The number of para-hydroxylation sites is 1. The molecule has 0 saturated carbocycles. The van der Waals surface area contributed by atoms with Gasteiger partial charge in [-0.15, -0.1) is 0 Å². The molecule has 114 valence electrons. The molecule has 21 heavy (non-hydrogen) atoms. The highest BCUT2D eigenvalue weighted by molar-refractivity contribution is 5.94. The molecule has 0 radical (unpaired) electrons. The van der Waals surface area contributed by atoms with Crippen molar-refractivity contribution in [3.8, 4) is 0 Å². The fourth-order valence-corrected chi connectivity index (χ4v) is 2.69. The average Bonchev–Trinajstić information content (AvgIpc) is 2.78. The van der Waals surface area contributed by atoms with Gasteiger partial charge in [0.1, 0.15) is 0 Å². The Hall–Kier alpha value is -2.04. The van der Waals surface area contributed by atoms with Crippen LogP contribution in [0.3, 0.4) is 0 Å². The SMILES string of the molecule is CC(CCC(=O)O)CNC(=O)N1c2ccccc2CC1C. The second-order valence-corrected chi connectivity index (χ2v) is 5.78. The van der Waals surface area contributed by atoms with Crippen LogP contribution in [0.2, 0.25) is 0 Å². The Bertz CT molecular complexity index is 530. The van der Waals surface area contributed by atoms with Crippen LogP contribution in [0, 0.1) is 5.92 Å². The van der Waals surface area contributed by atoms with Crippen molar-refractivity contribution in [3.63, 3.8) is 0 Å². The number of benzene rings is 1. The molecule has 0 bridgehead atoms. The molecule has 0 aromatic heterocycles. The summed E-state index contributed by atoms with van der Waals surface area (Å²) in [6.45, 7) is 4.48. The van der Waals surface area contributed by atoms with E-state index in [1.807, 2.05) is 32.0 Å². The van der Waals surface area contributed by atoms with E-state index in [2.05, 4.69) is 11.4 Å². The third-order valence-corrected chi connectivity index (χ3v) is 3.88. The molecular weight excluding hydrogens is 268 g/mol. The Kier molecular flexibility index (Phi) is 4.83. The van der Waals surface area contributed by atoms with Gasteiger partial charge in [0, 0.05) is 24.7 Å². The minimum Gasteiger partial charge on any atom is -0.481 e. The number of anilines is 1. The summed E-state index contributed by atoms with van der Waals surface area (Å²) in [5.41, 5.74) is 2.17. The van der Waals surface area contributed by atoms with Crippen LogP contribution < -0.4 is 10.2 Å². The normalized spacial score (nSPS) is 18.2. The highest BCUT2D eigenvalue weighted by Gasteiger charge is 2.30. The van der Waals surface area contributed by atoms with Gasteiger partial charge < -0.3 is 10.4 Å². The number of rotatable bonds is 5. The van der Waals surface area contributed by atoms with Crippen molar-refractivity contribution in [2.24, 2.45) is 5.92 Å². The maximum absolute atomic E-state index is 12.4. The second-order valence-electron chi connectivity index (χ2n) is 5.78. The third kappa shape index (κ3) is 3.74. The number of carboxylic acids is 1. The van der Waals surface area contributed by atoms with Crippen molar-refractivity contribution in [2.75, 3.05) is 11.4 Å². The lowest BCUT2D eigenvalue weighted by Gasteiger charge is -2.24. The van der Waals surface area contributed by atoms with Gasteiger partial charge in [-0.3, -0.25) is 9.69 Å². The number of nitrogens with zero attached hydrogens (tertiary/aromatic N) is 1. The molecule has 0 fully saturated rings. The molecule has 5 heteroatoms. The summed E-state index contributed by atoms with van der Waals surface area (Å²) in [6, 6.07) is 7.99. The van der Waals surface area contributed by atoms with E-state index in [9.17, 15) is 9.59 Å². The molecule has 1 aliphatic rings. The fourth-order valence-electron chi connectivity index (χ4n) is 2.69. The topological polar surface area (TPSA) is 69.6 Å². The van der Waals surface area contributed by atoms with Gasteiger partial charge in [0.25, 0.3) is 0 Å². The molecule has 1 aromatic carbocycles. The Morgan fingerprint density at radius 2 is 2.14 bits per heavy atom. The van der Waals surface area contributed by atoms with Gasteiger partial charge in [0.2, 0.25) is 0 Å². The predicted molar refractivity (Wildman–Crippen MR) is 81.5 cm³/mol. The van der Waals surface area contributed by atoms with Gasteiger partial charge >= 0.3 is 12.0 Å². The first-order valence-corrected chi connectivity index (χ1v) is 7.35. The van der Waals surface area contributed by atoms with E-state index in [1.54, 1.807) is 4.90 Å². The van der Waals surface area contributed by atoms with Gasteiger partial charge in [0.05, 0.1) is 0 Å². The lowest BCUT2D eigenvalue weighted by atomic mass is 10.1. The summed E-state index contributed by atoms with van der Waals surface area (Å²) in [7, 11) is 0. The predicted octanol–water partition coefficient (Wildman–Crippen LogP) is 2.65. The molecule has 0 spiro atoms. The molecule has 2 atom stereocenters. The third-order valence-electron chi connectivity index (χ3n) is 3.88. The lowest BCUT2D eigenvalue weighted by Crippen LogP contribution is -2.44. The number of nitrogens with one attached hydrogen (secondary N) is 1. The van der Waals surface area contributed by atoms with Crippen LogP contribution in [0.1, 0.15) is 32.3 Å². The van der Waals surface area contributed by atoms with E-state index in [0.29, 0.717) is 13.0 Å². The van der Waals surface area contributed by atoms with E-state index >= 15 is 0 Å². The zero-order chi connectivity index (χ0) is 15.4. The number of fused-ring (bicyclic) bond motifs is 1. The summed E-state index contributed by atoms with van der Waals surface area (Å²) in [5, 5.41) is 11.6. The standard InChI is InChI=1S/C16H22N2O3/c1-11(7-8-15(19)20)10-17-16(21)18-12(2)9-13-5-3-4-6-14(13)18/h3-6,11-12H,7-10H2,1-2H3,(H,17,21)(H,19,20). The Labute approximate surface area is 125 Å². The van der Waals surface area contributed by atoms with Gasteiger partial charge in [0.15, 0.2) is 0 Å². The summed E-state index contributed by atoms with van der Waals surface area (Å²) < 4.78 is 0. The summed E-state index contributed by atoms with van der Waals surface area (Å²) in [4.78, 5) is 24.7. The van der Waals surface area contributed by atoms with Crippen molar-refractivity contribution in [2.45, 2.75) is 39.2 Å². The lowest BCUT2D eigenvalue weighted by molar-refractivity contribution is -0.137. The zero-order valence-electron chi connectivity index (χ0n) is 12.5. The van der Waals surface area contributed by atoms with Crippen LogP contribution in [0.4, 0.5) is 10.5 Å². The molecule has 1 aliphatic heterocycles. The summed E-state index contributed by atoms with van der Waals surface area (Å²) in [5.74, 6) is -0.645. The summed E-state index contributed by atoms with van der Waals surface area (Å²) in [6.07, 6.45) is 1.58. The molecule has 5 nitrogen and oxygen atoms in total. The number of aliphatic carboxylic acids is 1. The van der Waals surface area contributed by atoms with E-state index in [-0.39, 0.29) is 24.4 Å². The fraction of sp³-hybridized carbons (Fsp3) is 0.500. The Morgan fingerprint density at radius 1 is 1.43 bits per heavy atom. The van der Waals surface area contributed by atoms with Crippen molar-refractivity contribution in [1.29, 1.82) is 0 Å². The van der Waals surface area contributed by atoms with Crippen molar-refractivity contribution < 1.29 is 14.7 Å². The van der Waals surface area contributed by atoms with E-state index < -0.39 is 5.97 Å². The van der Waals surface area contributed by atoms with Crippen molar-refractivity contribution in [3.05, 3.63) is 29.8 Å². The number of carbonyl (C=O) groups is 2. The van der Waals surface area contributed by atoms with Crippen LogP contribution >= 0.6 is 0 Å². The average molecular weight is 290 g/mol. The van der Waals surface area contributed by atoms with Crippen LogP contribution in [0.5, 0.6) is 0 Å². The smallest absolute Gasteiger partial charge is 0.322 e. The molecule has 0 aliphatic carbocycles. The van der Waals surface area contributed by atoms with E-state index in [0.717, 1.165) is 12.1 Å². The monoisotopic (exact) mass is 290 g/mol. The van der Waals surface area contributed by atoms with Gasteiger partial charge in [-0.25, -0.2) is 4.79 Å². The van der Waals surface area contributed by atoms with E-state index in [1.165, 1.54) is 5.56 Å². The number of carbonyl (C=O) groups excluding carboxylic acids is 1. The van der Waals surface area contributed by atoms with E-state index in [4.69, 9.17) is 5.11 Å². The second kappa shape index (κ2) is 6.61. The molecule has 2 rings (SSSR count). The van der Waals surface area contributed by atoms with Gasteiger partial charge in [-0.05, 0) is 37.3 Å². The number of amides is 2. The molecule has 2 amide bonds. The minimum absolute atomic E-state index is 0.102. The Balaban J connectivity index is 1.90. The highest BCUT2D eigenvalue weighted by Crippen LogP contribution is 2.31. The minimum atomic E-state index is -0.796. The zero-order valence-corrected chi connectivity index (χ0v) is 12.5. The number of hydrogen-bond acceptors (Lipinski definition) is 2. The van der Waals surface area contributed by atoms with Crippen LogP contribution in [0.25, 0.3) is 0 Å². The number of urea groups is 1.